The number of benzene rings is 1. The number of anilines is 1. The van der Waals surface area contributed by atoms with Gasteiger partial charge in [0.05, 0.1) is 63.5 Å². The summed E-state index contributed by atoms with van der Waals surface area (Å²) in [7, 11) is 0. The number of carbonyl (C=O) groups is 1. The minimum atomic E-state index is -0.243. The number of imidazole rings is 2. The van der Waals surface area contributed by atoms with Crippen molar-refractivity contribution in [3.05, 3.63) is 128 Å². The van der Waals surface area contributed by atoms with Gasteiger partial charge in [0.25, 0.3) is 16.7 Å². The fourth-order valence-electron chi connectivity index (χ4n) is 8.98. The molecule has 0 radical (unpaired) electrons. The van der Waals surface area contributed by atoms with Gasteiger partial charge in [-0.3, -0.25) is 19.2 Å². The second kappa shape index (κ2) is 24.0. The number of para-hydroxylation sites is 2. The van der Waals surface area contributed by atoms with Crippen LogP contribution in [0.3, 0.4) is 0 Å². The van der Waals surface area contributed by atoms with E-state index in [0.29, 0.717) is 57.5 Å². The highest BCUT2D eigenvalue weighted by Gasteiger charge is 2.26. The summed E-state index contributed by atoms with van der Waals surface area (Å²) in [4.78, 5) is 84.0. The molecule has 0 spiro atoms. The molecule has 0 amide bonds. The minimum absolute atomic E-state index is 0.0537. The average Bonchev–Trinajstić information content (AvgIpc) is 2.43. The Kier molecular flexibility index (Phi) is 17.9. The molecule has 1 aliphatic heterocycles. The Bertz CT molecular complexity index is 4190. The molecule has 0 saturated carbocycles. The highest BCUT2D eigenvalue weighted by Crippen LogP contribution is 2.29. The van der Waals surface area contributed by atoms with Gasteiger partial charge in [-0.1, -0.05) is 17.3 Å². The summed E-state index contributed by atoms with van der Waals surface area (Å²) in [5, 5.41) is 18.4. The van der Waals surface area contributed by atoms with Gasteiger partial charge >= 0.3 is 0 Å². The van der Waals surface area contributed by atoms with Crippen molar-refractivity contribution in [3.8, 4) is 0 Å². The monoisotopic (exact) mass is 1170 g/mol. The number of ketones is 1. The first-order valence-electron chi connectivity index (χ1n) is 28.3. The molecule has 0 bridgehead atoms. The van der Waals surface area contributed by atoms with Gasteiger partial charge < -0.3 is 34.4 Å². The number of aromatic nitrogens is 19. The summed E-state index contributed by atoms with van der Waals surface area (Å²) in [5.74, 6) is 2.57. The number of fused-ring (bicyclic) bond motifs is 6. The van der Waals surface area contributed by atoms with Crippen LogP contribution in [0.4, 0.5) is 11.5 Å². The Labute approximate surface area is 498 Å². The zero-order valence-corrected chi connectivity index (χ0v) is 53.5. The van der Waals surface area contributed by atoms with Crippen molar-refractivity contribution in [2.24, 2.45) is 4.99 Å². The van der Waals surface area contributed by atoms with E-state index in [2.05, 4.69) is 164 Å². The first-order valence-corrected chi connectivity index (χ1v) is 28.3. The summed E-state index contributed by atoms with van der Waals surface area (Å²) in [6.45, 7) is 42.6. The van der Waals surface area contributed by atoms with Crippen molar-refractivity contribution in [1.29, 1.82) is 0 Å². The lowest BCUT2D eigenvalue weighted by Crippen LogP contribution is -2.24. The number of carbonyl (C=O) groups excluding carboxylic acids is 1. The third-order valence-electron chi connectivity index (χ3n) is 13.2. The minimum Gasteiger partial charge on any atom is -0.398 e. The maximum Gasteiger partial charge on any atom is 0.281 e. The number of aliphatic imine (C=N–C) groups is 1. The maximum absolute atomic E-state index is 11.6. The normalized spacial score (nSPS) is 12.8. The van der Waals surface area contributed by atoms with Gasteiger partial charge in [-0.15, -0.1) is 5.10 Å². The number of nitrogens with one attached hydrogen (secondary N) is 3. The molecule has 25 nitrogen and oxygen atoms in total. The van der Waals surface area contributed by atoms with Gasteiger partial charge in [-0.05, 0) is 170 Å². The predicted octanol–water partition coefficient (Wildman–Crippen LogP) is 10.0. The molecule has 456 valence electrons. The van der Waals surface area contributed by atoms with Crippen molar-refractivity contribution in [2.75, 3.05) is 5.73 Å². The zero-order chi connectivity index (χ0) is 63.8. The fourth-order valence-corrected chi connectivity index (χ4v) is 8.98. The Hall–Kier alpha value is -9.29. The van der Waals surface area contributed by atoms with Gasteiger partial charge in [0.2, 0.25) is 0 Å². The molecule has 11 heterocycles. The lowest BCUT2D eigenvalue weighted by atomic mass is 10.1. The van der Waals surface area contributed by atoms with Gasteiger partial charge in [0, 0.05) is 47.3 Å². The number of nitrogen functional groups attached to an aromatic ring is 1. The van der Waals surface area contributed by atoms with E-state index in [0.717, 1.165) is 27.9 Å². The highest BCUT2D eigenvalue weighted by atomic mass is 16.1. The number of rotatable bonds is 0. The van der Waals surface area contributed by atoms with E-state index in [9.17, 15) is 19.2 Å². The zero-order valence-electron chi connectivity index (χ0n) is 53.5. The average molecular weight is 1170 g/mol. The first kappa shape index (κ1) is 64.3. The molecule has 12 rings (SSSR count). The highest BCUT2D eigenvalue weighted by molar-refractivity contribution is 6.08. The first-order chi connectivity index (χ1) is 39.8. The number of aromatic amines is 3. The van der Waals surface area contributed by atoms with Crippen LogP contribution in [-0.2, 0) is 33.2 Å². The maximum atomic E-state index is 11.6. The van der Waals surface area contributed by atoms with E-state index in [1.165, 1.54) is 5.52 Å². The molecule has 1 aromatic carbocycles. The van der Waals surface area contributed by atoms with Crippen LogP contribution in [-0.4, -0.2) is 105 Å². The van der Waals surface area contributed by atoms with E-state index in [4.69, 9.17) is 5.73 Å². The molecule has 1 aliphatic rings. The largest absolute Gasteiger partial charge is 0.398 e. The standard InChI is InChI=1S/C11H15N3O.C11H14N2.C10H14N4O.C10H14N4.C10H13N3O.C9H13N5O/c1-7-12-9-8(10(15)13-7)5-6-14(9)11(2,3)4;1-11(2,3)13-8-12-9-6-4-5-7-10(9)13;1-6-12-8-7(9(15)13-6)5-11-14(8)10(2,3)4;1-10(2,3)14-9-7(6-13-14)8(11)4-5-12-9;1-10(2,3)13-6-12-8-7(14)4-5-11-9(8)13;1-5-10-7-6(8(15)11-5)12-13-14(7)9(2,3)4/h5-6H,1-4H3,(H,12,13,15);4-8H,1-3H3;5H,1-4H3,(H,12,13,15);4-6H,1-3H3,(H2,11,12);5-6H,4H2,1-3H3;1-4H3,(H,10,11,15). The number of nitrogens with zero attached hydrogens (tertiary/aromatic N) is 17. The summed E-state index contributed by atoms with van der Waals surface area (Å²) in [6.07, 6.45) is 12.6. The van der Waals surface area contributed by atoms with Crippen LogP contribution in [0.15, 0.2) is 93.2 Å². The summed E-state index contributed by atoms with van der Waals surface area (Å²) < 4.78 is 11.5. The molecule has 0 atom stereocenters. The molecule has 0 saturated heterocycles. The van der Waals surface area contributed by atoms with Crippen LogP contribution >= 0.6 is 0 Å². The lowest BCUT2D eigenvalue weighted by molar-refractivity contribution is 0.0996. The molecule has 0 aliphatic carbocycles. The van der Waals surface area contributed by atoms with Crippen LogP contribution in [0.2, 0.25) is 0 Å². The Balaban J connectivity index is 0.000000148. The molecule has 0 unspecified atom stereocenters. The molecule has 10 aromatic heterocycles. The van der Waals surface area contributed by atoms with E-state index in [-0.39, 0.29) is 61.2 Å². The SMILES string of the molecule is CC(C)(C)n1cnc2c1N=CCC2=O.CC(C)(C)n1cnc2ccccc21.CC(C)(C)n1ncc2c(N)ccnc21.Cc1nc2c(ccn2C(C)(C)C)c(=O)[nH]1.Cc1nc2c(cnn2C(C)(C)C)c(=O)[nH]1.Cc1nc2c(nnn2C(C)(C)C)c(=O)[nH]1. The van der Waals surface area contributed by atoms with Gasteiger partial charge in [-0.2, -0.15) is 10.2 Å². The van der Waals surface area contributed by atoms with Crippen molar-refractivity contribution < 1.29 is 4.79 Å². The van der Waals surface area contributed by atoms with Crippen LogP contribution < -0.4 is 22.4 Å². The second-order valence-electron chi connectivity index (χ2n) is 26.9. The van der Waals surface area contributed by atoms with Crippen molar-refractivity contribution >= 4 is 78.8 Å². The Morgan fingerprint density at radius 1 is 0.500 bits per heavy atom. The van der Waals surface area contributed by atoms with E-state index < -0.39 is 0 Å². The van der Waals surface area contributed by atoms with Crippen LogP contribution in [0.5, 0.6) is 0 Å². The van der Waals surface area contributed by atoms with Crippen molar-refractivity contribution in [2.45, 2.75) is 185 Å². The van der Waals surface area contributed by atoms with Gasteiger partial charge in [0.1, 0.15) is 28.5 Å². The fraction of sp³-hybridized carbons (Fsp3) is 0.459. The topological polar surface area (TPSA) is 313 Å². The summed E-state index contributed by atoms with van der Waals surface area (Å²) in [6, 6.07) is 11.8. The summed E-state index contributed by atoms with van der Waals surface area (Å²) >= 11 is 0. The third kappa shape index (κ3) is 14.4. The van der Waals surface area contributed by atoms with Crippen molar-refractivity contribution in [3.63, 3.8) is 0 Å². The molecule has 86 heavy (non-hydrogen) atoms. The Morgan fingerprint density at radius 3 is 1.59 bits per heavy atom. The number of hydrogen-bond acceptors (Lipinski definition) is 16. The molecule has 25 heteroatoms. The van der Waals surface area contributed by atoms with Crippen LogP contribution in [0.25, 0.3) is 55.3 Å². The number of aryl methyl sites for hydroxylation is 3. The number of Topliss-reactive ketones (excluding diaryl/α,β-unsaturated/α-hetero) is 1. The van der Waals surface area contributed by atoms with E-state index >= 15 is 0 Å². The Morgan fingerprint density at radius 2 is 1.01 bits per heavy atom. The number of hydrogen-bond donors (Lipinski definition) is 4. The molecular weight excluding hydrogens is 1090 g/mol. The smallest absolute Gasteiger partial charge is 0.281 e. The van der Waals surface area contributed by atoms with Crippen molar-refractivity contribution in [1.82, 2.24) is 93.1 Å². The van der Waals surface area contributed by atoms with Gasteiger partial charge in [0.15, 0.2) is 39.8 Å². The van der Waals surface area contributed by atoms with E-state index in [1.807, 2.05) is 92.1 Å². The second-order valence-corrected chi connectivity index (χ2v) is 26.9. The third-order valence-corrected chi connectivity index (χ3v) is 13.2. The van der Waals surface area contributed by atoms with Gasteiger partial charge in [-0.25, -0.2) is 48.9 Å². The number of pyridine rings is 1. The van der Waals surface area contributed by atoms with Crippen LogP contribution in [0, 0.1) is 20.8 Å². The quantitative estimate of drug-likeness (QED) is 0.110. The molecule has 11 aromatic rings. The number of H-pyrrole nitrogens is 3. The predicted molar refractivity (Wildman–Crippen MR) is 340 cm³/mol. The van der Waals surface area contributed by atoms with E-state index in [1.54, 1.807) is 67.3 Å². The molecule has 0 fully saturated rings. The number of nitrogens with two attached hydrogens (primary N) is 1. The van der Waals surface area contributed by atoms with Crippen LogP contribution in [0.1, 0.15) is 159 Å². The lowest BCUT2D eigenvalue weighted by Gasteiger charge is -2.22. The molecule has 5 N–H and O–H groups in total. The summed E-state index contributed by atoms with van der Waals surface area (Å²) in [5.41, 5.74) is 11.4. The molecular formula is C61H83N21O4.